The van der Waals surface area contributed by atoms with Gasteiger partial charge < -0.3 is 10.1 Å². The van der Waals surface area contributed by atoms with E-state index in [1.165, 1.54) is 17.1 Å². The highest BCUT2D eigenvalue weighted by atomic mass is 32.1. The highest BCUT2D eigenvalue weighted by molar-refractivity contribution is 7.09. The molecule has 0 amide bonds. The van der Waals surface area contributed by atoms with Crippen LogP contribution in [0, 0.1) is 6.92 Å². The summed E-state index contributed by atoms with van der Waals surface area (Å²) in [5.41, 5.74) is 1.21. The Kier molecular flexibility index (Phi) is 4.52. The average molecular weight is 263 g/mol. The summed E-state index contributed by atoms with van der Waals surface area (Å²) in [6.45, 7) is 5.45. The van der Waals surface area contributed by atoms with Crippen LogP contribution in [0.25, 0.3) is 0 Å². The predicted molar refractivity (Wildman–Crippen MR) is 74.5 cm³/mol. The molecular weight excluding hydrogens is 246 g/mol. The van der Waals surface area contributed by atoms with E-state index in [1.54, 1.807) is 0 Å². The van der Waals surface area contributed by atoms with Gasteiger partial charge in [0.15, 0.2) is 0 Å². The van der Waals surface area contributed by atoms with E-state index < -0.39 is 0 Å². The van der Waals surface area contributed by atoms with E-state index in [9.17, 15) is 0 Å². The summed E-state index contributed by atoms with van der Waals surface area (Å²) in [6, 6.07) is 8.04. The lowest BCUT2D eigenvalue weighted by Gasteiger charge is -2.06. The molecule has 0 aliphatic rings. The normalized spacial score (nSPS) is 10.3. The van der Waals surface area contributed by atoms with E-state index in [2.05, 4.69) is 27.7 Å². The molecule has 2 aromatic rings. The first-order valence-corrected chi connectivity index (χ1v) is 6.81. The van der Waals surface area contributed by atoms with Crippen molar-refractivity contribution in [2.75, 3.05) is 18.5 Å². The Morgan fingerprint density at radius 1 is 1.39 bits per heavy atom. The molecule has 1 heterocycles. The SMILES string of the molecule is CCc1nsc(NCCOc2cccc(C)c2)n1. The Morgan fingerprint density at radius 2 is 2.28 bits per heavy atom. The second-order valence-electron chi connectivity index (χ2n) is 3.96. The molecule has 0 saturated heterocycles. The molecule has 0 bridgehead atoms. The van der Waals surface area contributed by atoms with Crippen LogP contribution in [0.3, 0.4) is 0 Å². The Balaban J connectivity index is 1.72. The number of aryl methyl sites for hydroxylation is 2. The van der Waals surface area contributed by atoms with Gasteiger partial charge in [-0.15, -0.1) is 0 Å². The zero-order chi connectivity index (χ0) is 12.8. The van der Waals surface area contributed by atoms with Gasteiger partial charge >= 0.3 is 0 Å². The van der Waals surface area contributed by atoms with Crippen LogP contribution in [0.1, 0.15) is 18.3 Å². The lowest BCUT2D eigenvalue weighted by atomic mass is 10.2. The van der Waals surface area contributed by atoms with Gasteiger partial charge in [0, 0.05) is 18.0 Å². The third-order valence-corrected chi connectivity index (χ3v) is 3.13. The highest BCUT2D eigenvalue weighted by Crippen LogP contribution is 2.13. The average Bonchev–Trinajstić information content (AvgIpc) is 2.83. The van der Waals surface area contributed by atoms with Crippen LogP contribution in [-0.2, 0) is 6.42 Å². The second-order valence-corrected chi connectivity index (χ2v) is 4.71. The molecule has 0 saturated carbocycles. The fourth-order valence-electron chi connectivity index (χ4n) is 1.50. The number of nitrogens with zero attached hydrogens (tertiary/aromatic N) is 2. The van der Waals surface area contributed by atoms with Crippen molar-refractivity contribution in [2.24, 2.45) is 0 Å². The van der Waals surface area contributed by atoms with Gasteiger partial charge in [-0.3, -0.25) is 0 Å². The summed E-state index contributed by atoms with van der Waals surface area (Å²) in [7, 11) is 0. The molecule has 18 heavy (non-hydrogen) atoms. The third kappa shape index (κ3) is 3.70. The smallest absolute Gasteiger partial charge is 0.202 e. The zero-order valence-electron chi connectivity index (χ0n) is 10.6. The molecule has 5 heteroatoms. The molecule has 0 radical (unpaired) electrons. The molecule has 0 atom stereocenters. The van der Waals surface area contributed by atoms with Crippen LogP contribution in [0.5, 0.6) is 5.75 Å². The molecule has 2 rings (SSSR count). The molecule has 1 aromatic carbocycles. The largest absolute Gasteiger partial charge is 0.492 e. The van der Waals surface area contributed by atoms with Gasteiger partial charge in [0.2, 0.25) is 5.13 Å². The van der Waals surface area contributed by atoms with Crippen molar-refractivity contribution >= 4 is 16.7 Å². The number of anilines is 1. The first-order valence-electron chi connectivity index (χ1n) is 6.04. The number of aromatic nitrogens is 2. The van der Waals surface area contributed by atoms with Gasteiger partial charge in [0.25, 0.3) is 0 Å². The number of benzene rings is 1. The molecular formula is C13H17N3OS. The van der Waals surface area contributed by atoms with Crippen LogP contribution >= 0.6 is 11.5 Å². The quantitative estimate of drug-likeness (QED) is 0.814. The Hall–Kier alpha value is -1.62. The van der Waals surface area contributed by atoms with Crippen molar-refractivity contribution in [3.05, 3.63) is 35.7 Å². The maximum Gasteiger partial charge on any atom is 0.202 e. The standard InChI is InChI=1S/C13H17N3OS/c1-3-12-15-13(18-16-12)14-7-8-17-11-6-4-5-10(2)9-11/h4-6,9H,3,7-8H2,1-2H3,(H,14,15,16). The minimum absolute atomic E-state index is 0.616. The van der Waals surface area contributed by atoms with Crippen molar-refractivity contribution in [1.29, 1.82) is 0 Å². The maximum atomic E-state index is 5.64. The molecule has 0 spiro atoms. The fourth-order valence-corrected chi connectivity index (χ4v) is 2.18. The number of nitrogens with one attached hydrogen (secondary N) is 1. The Morgan fingerprint density at radius 3 is 3.00 bits per heavy atom. The number of hydrogen-bond donors (Lipinski definition) is 1. The van der Waals surface area contributed by atoms with Crippen molar-refractivity contribution < 1.29 is 4.74 Å². The van der Waals surface area contributed by atoms with E-state index in [0.29, 0.717) is 6.61 Å². The minimum Gasteiger partial charge on any atom is -0.492 e. The molecule has 96 valence electrons. The molecule has 4 nitrogen and oxygen atoms in total. The first-order chi connectivity index (χ1) is 8.78. The summed E-state index contributed by atoms with van der Waals surface area (Å²) in [4.78, 5) is 4.33. The first kappa shape index (κ1) is 12.8. The van der Waals surface area contributed by atoms with Crippen LogP contribution in [0.15, 0.2) is 24.3 Å². The van der Waals surface area contributed by atoms with E-state index >= 15 is 0 Å². The van der Waals surface area contributed by atoms with Crippen molar-refractivity contribution in [3.63, 3.8) is 0 Å². The molecule has 1 N–H and O–H groups in total. The monoisotopic (exact) mass is 263 g/mol. The van der Waals surface area contributed by atoms with E-state index in [-0.39, 0.29) is 0 Å². The maximum absolute atomic E-state index is 5.64. The summed E-state index contributed by atoms with van der Waals surface area (Å²) < 4.78 is 9.85. The zero-order valence-corrected chi connectivity index (χ0v) is 11.5. The molecule has 0 aliphatic heterocycles. The Bertz CT molecular complexity index is 498. The molecule has 0 aliphatic carbocycles. The van der Waals surface area contributed by atoms with E-state index in [1.807, 2.05) is 25.1 Å². The number of rotatable bonds is 6. The predicted octanol–water partition coefficient (Wildman–Crippen LogP) is 2.90. The summed E-state index contributed by atoms with van der Waals surface area (Å²) in [5, 5.41) is 4.06. The summed E-state index contributed by atoms with van der Waals surface area (Å²) in [5.74, 6) is 1.80. The van der Waals surface area contributed by atoms with E-state index in [4.69, 9.17) is 4.74 Å². The topological polar surface area (TPSA) is 47.0 Å². The second kappa shape index (κ2) is 6.35. The lowest BCUT2D eigenvalue weighted by Crippen LogP contribution is -2.11. The summed E-state index contributed by atoms with van der Waals surface area (Å²) in [6.07, 6.45) is 0.873. The van der Waals surface area contributed by atoms with Gasteiger partial charge in [-0.25, -0.2) is 4.98 Å². The van der Waals surface area contributed by atoms with Gasteiger partial charge in [-0.2, -0.15) is 4.37 Å². The molecule has 0 unspecified atom stereocenters. The molecule has 1 aromatic heterocycles. The Labute approximate surface area is 111 Å². The number of ether oxygens (including phenoxy) is 1. The van der Waals surface area contributed by atoms with Gasteiger partial charge in [0.1, 0.15) is 18.2 Å². The number of hydrogen-bond acceptors (Lipinski definition) is 5. The van der Waals surface area contributed by atoms with E-state index in [0.717, 1.165) is 29.7 Å². The van der Waals surface area contributed by atoms with Crippen molar-refractivity contribution in [2.45, 2.75) is 20.3 Å². The fraction of sp³-hybridized carbons (Fsp3) is 0.385. The minimum atomic E-state index is 0.616. The van der Waals surface area contributed by atoms with Gasteiger partial charge in [0.05, 0.1) is 6.54 Å². The van der Waals surface area contributed by atoms with Gasteiger partial charge in [-0.05, 0) is 24.6 Å². The lowest BCUT2D eigenvalue weighted by molar-refractivity contribution is 0.332. The van der Waals surface area contributed by atoms with Crippen LogP contribution < -0.4 is 10.1 Å². The third-order valence-electron chi connectivity index (χ3n) is 2.42. The van der Waals surface area contributed by atoms with Crippen molar-refractivity contribution in [1.82, 2.24) is 9.36 Å². The van der Waals surface area contributed by atoms with Crippen molar-refractivity contribution in [3.8, 4) is 5.75 Å². The van der Waals surface area contributed by atoms with Crippen LogP contribution in [0.2, 0.25) is 0 Å². The van der Waals surface area contributed by atoms with Gasteiger partial charge in [-0.1, -0.05) is 19.1 Å². The van der Waals surface area contributed by atoms with Crippen LogP contribution in [-0.4, -0.2) is 22.5 Å². The summed E-state index contributed by atoms with van der Waals surface area (Å²) >= 11 is 1.40. The van der Waals surface area contributed by atoms with Crippen LogP contribution in [0.4, 0.5) is 5.13 Å². The highest BCUT2D eigenvalue weighted by Gasteiger charge is 2.00. The molecule has 0 fully saturated rings.